The first-order valence-corrected chi connectivity index (χ1v) is 10.6. The highest BCUT2D eigenvalue weighted by Crippen LogP contribution is 2.37. The maximum atomic E-state index is 13.6. The second-order valence-electron chi connectivity index (χ2n) is 8.04. The molecule has 1 N–H and O–H groups in total. The van der Waals surface area contributed by atoms with Gasteiger partial charge in [0.25, 0.3) is 5.91 Å². The van der Waals surface area contributed by atoms with Gasteiger partial charge >= 0.3 is 12.1 Å². The average molecular weight is 487 g/mol. The molecule has 0 saturated carbocycles. The van der Waals surface area contributed by atoms with Gasteiger partial charge in [-0.25, -0.2) is 4.79 Å². The minimum absolute atomic E-state index is 0.0670. The van der Waals surface area contributed by atoms with E-state index in [1.807, 2.05) is 19.9 Å². The van der Waals surface area contributed by atoms with Gasteiger partial charge in [0.15, 0.2) is 0 Å². The minimum Gasteiger partial charge on any atom is -0.478 e. The van der Waals surface area contributed by atoms with E-state index >= 15 is 0 Å². The van der Waals surface area contributed by atoms with E-state index in [9.17, 15) is 22.8 Å². The van der Waals surface area contributed by atoms with E-state index in [2.05, 4.69) is 5.10 Å². The third-order valence-corrected chi connectivity index (χ3v) is 5.82. The Balaban J connectivity index is 1.97. The molecule has 4 aromatic rings. The van der Waals surface area contributed by atoms with Crippen LogP contribution in [0.5, 0.6) is 0 Å². The summed E-state index contributed by atoms with van der Waals surface area (Å²) in [5.41, 5.74) is 0.316. The Morgan fingerprint density at radius 3 is 2.29 bits per heavy atom. The lowest BCUT2D eigenvalue weighted by Crippen LogP contribution is -2.20. The lowest BCUT2D eigenvalue weighted by Gasteiger charge is -2.13. The topological polar surface area (TPSA) is 72.2 Å². The van der Waals surface area contributed by atoms with Gasteiger partial charge in [0, 0.05) is 10.9 Å². The minimum atomic E-state index is -4.79. The summed E-state index contributed by atoms with van der Waals surface area (Å²) in [5.74, 6) is -1.97. The summed E-state index contributed by atoms with van der Waals surface area (Å²) in [4.78, 5) is 24.6. The molecule has 0 aliphatic rings. The van der Waals surface area contributed by atoms with E-state index in [1.54, 1.807) is 24.3 Å². The average Bonchev–Trinajstić information content (AvgIpc) is 3.16. The van der Waals surface area contributed by atoms with Gasteiger partial charge in [-0.2, -0.15) is 23.0 Å². The maximum Gasteiger partial charge on any atom is 0.417 e. The number of benzene rings is 3. The number of alkyl halides is 3. The van der Waals surface area contributed by atoms with Crippen molar-refractivity contribution in [2.75, 3.05) is 0 Å². The first-order valence-electron chi connectivity index (χ1n) is 10.3. The number of hydrogen-bond donors (Lipinski definition) is 1. The highest BCUT2D eigenvalue weighted by atomic mass is 35.5. The Hall–Kier alpha value is -3.65. The van der Waals surface area contributed by atoms with Gasteiger partial charge in [-0.1, -0.05) is 49.7 Å². The summed E-state index contributed by atoms with van der Waals surface area (Å²) in [7, 11) is 0. The second-order valence-corrected chi connectivity index (χ2v) is 8.45. The van der Waals surface area contributed by atoms with Gasteiger partial charge < -0.3 is 5.11 Å². The number of aromatic nitrogens is 2. The number of carboxylic acid groups (broad SMARTS) is 1. The van der Waals surface area contributed by atoms with Crippen molar-refractivity contribution in [2.24, 2.45) is 0 Å². The summed E-state index contributed by atoms with van der Waals surface area (Å²) >= 11 is 6.05. The number of carbonyl (C=O) groups is 2. The predicted molar refractivity (Wildman–Crippen MR) is 122 cm³/mol. The molecule has 0 amide bonds. The highest BCUT2D eigenvalue weighted by Gasteiger charge is 2.37. The molecule has 0 aliphatic heterocycles. The van der Waals surface area contributed by atoms with Gasteiger partial charge in [0.1, 0.15) is 5.69 Å². The summed E-state index contributed by atoms with van der Waals surface area (Å²) in [5, 5.41) is 13.7. The molecule has 0 aliphatic carbocycles. The summed E-state index contributed by atoms with van der Waals surface area (Å²) in [6.45, 7) is 3.97. The molecule has 4 rings (SSSR count). The lowest BCUT2D eigenvalue weighted by molar-refractivity contribution is -0.137. The van der Waals surface area contributed by atoms with Crippen LogP contribution in [-0.2, 0) is 6.18 Å². The third-order valence-electron chi connectivity index (χ3n) is 5.50. The first-order chi connectivity index (χ1) is 16.0. The van der Waals surface area contributed by atoms with Crippen molar-refractivity contribution in [3.05, 3.63) is 87.9 Å². The van der Waals surface area contributed by atoms with Gasteiger partial charge in [-0.05, 0) is 47.9 Å². The zero-order valence-electron chi connectivity index (χ0n) is 18.0. The number of aromatic carboxylic acids is 1. The van der Waals surface area contributed by atoms with Crippen molar-refractivity contribution in [3.8, 4) is 11.3 Å². The van der Waals surface area contributed by atoms with Crippen LogP contribution in [0.1, 0.15) is 51.6 Å². The number of fused-ring (bicyclic) bond motifs is 1. The molecule has 9 heteroatoms. The summed E-state index contributed by atoms with van der Waals surface area (Å²) in [6.07, 6.45) is -4.79. The number of carbonyl (C=O) groups excluding carboxylic acids is 1. The third kappa shape index (κ3) is 4.17. The fourth-order valence-electron chi connectivity index (χ4n) is 3.72. The van der Waals surface area contributed by atoms with Crippen LogP contribution in [0.15, 0.2) is 60.7 Å². The van der Waals surface area contributed by atoms with Crippen LogP contribution in [0.25, 0.3) is 22.2 Å². The molecule has 0 unspecified atom stereocenters. The molecular formula is C25H18ClF3N2O3. The number of halogens is 4. The molecule has 0 saturated heterocycles. The molecule has 0 atom stereocenters. The molecule has 1 heterocycles. The molecular weight excluding hydrogens is 469 g/mol. The highest BCUT2D eigenvalue weighted by molar-refractivity contribution is 6.34. The standard InChI is InChI=1S/C25H18ClF3N2O3/c1-13(2)16-10-11-20-17(12-16)22(14-6-8-15(9-7-14)24(33)34)30-31(20)23(32)21-18(25(27,28)29)4-3-5-19(21)26/h3-13H,1-2H3,(H,33,34). The predicted octanol–water partition coefficient (Wildman–Crippen LogP) is 6.89. The van der Waals surface area contributed by atoms with Crippen LogP contribution < -0.4 is 0 Å². The van der Waals surface area contributed by atoms with Crippen LogP contribution >= 0.6 is 11.6 Å². The van der Waals surface area contributed by atoms with E-state index in [0.29, 0.717) is 22.2 Å². The monoisotopic (exact) mass is 486 g/mol. The van der Waals surface area contributed by atoms with E-state index < -0.39 is 29.2 Å². The van der Waals surface area contributed by atoms with E-state index in [0.717, 1.165) is 22.4 Å². The fraction of sp³-hybridized carbons (Fsp3) is 0.160. The zero-order valence-corrected chi connectivity index (χ0v) is 18.8. The lowest BCUT2D eigenvalue weighted by atomic mass is 9.99. The molecule has 0 fully saturated rings. The Kier molecular flexibility index (Phi) is 5.95. The van der Waals surface area contributed by atoms with Gasteiger partial charge in [0.2, 0.25) is 0 Å². The Bertz CT molecular complexity index is 1420. The van der Waals surface area contributed by atoms with Crippen molar-refractivity contribution in [3.63, 3.8) is 0 Å². The summed E-state index contributed by atoms with van der Waals surface area (Å²) < 4.78 is 41.8. The van der Waals surface area contributed by atoms with E-state index in [1.165, 1.54) is 18.2 Å². The number of rotatable bonds is 4. The largest absolute Gasteiger partial charge is 0.478 e. The fourth-order valence-corrected chi connectivity index (χ4v) is 3.97. The molecule has 1 aromatic heterocycles. The zero-order chi connectivity index (χ0) is 24.8. The van der Waals surface area contributed by atoms with Crippen LogP contribution in [0.3, 0.4) is 0 Å². The molecule has 0 bridgehead atoms. The molecule has 3 aromatic carbocycles. The number of carboxylic acids is 1. The molecule has 0 radical (unpaired) electrons. The Morgan fingerprint density at radius 1 is 1.03 bits per heavy atom. The van der Waals surface area contributed by atoms with Gasteiger partial charge in [0.05, 0.1) is 27.2 Å². The maximum absolute atomic E-state index is 13.6. The number of hydrogen-bond acceptors (Lipinski definition) is 3. The van der Waals surface area contributed by atoms with Crippen LogP contribution in [-0.4, -0.2) is 26.8 Å². The van der Waals surface area contributed by atoms with Crippen LogP contribution in [0.4, 0.5) is 13.2 Å². The van der Waals surface area contributed by atoms with Crippen LogP contribution in [0.2, 0.25) is 5.02 Å². The molecule has 0 spiro atoms. The van der Waals surface area contributed by atoms with Crippen molar-refractivity contribution >= 4 is 34.4 Å². The quantitative estimate of drug-likeness (QED) is 0.341. The SMILES string of the molecule is CC(C)c1ccc2c(c1)c(-c1ccc(C(=O)O)cc1)nn2C(=O)c1c(Cl)cccc1C(F)(F)F. The van der Waals surface area contributed by atoms with E-state index in [-0.39, 0.29) is 16.5 Å². The van der Waals surface area contributed by atoms with Gasteiger partial charge in [-0.15, -0.1) is 0 Å². The smallest absolute Gasteiger partial charge is 0.417 e. The molecule has 34 heavy (non-hydrogen) atoms. The second kappa shape index (κ2) is 8.61. The van der Waals surface area contributed by atoms with Crippen LogP contribution in [0, 0.1) is 0 Å². The van der Waals surface area contributed by atoms with Crippen molar-refractivity contribution in [2.45, 2.75) is 25.9 Å². The Labute approximate surface area is 197 Å². The van der Waals surface area contributed by atoms with Crippen molar-refractivity contribution in [1.82, 2.24) is 9.78 Å². The number of nitrogens with zero attached hydrogens (tertiary/aromatic N) is 2. The van der Waals surface area contributed by atoms with Gasteiger partial charge in [-0.3, -0.25) is 4.79 Å². The first kappa shape index (κ1) is 23.5. The van der Waals surface area contributed by atoms with E-state index in [4.69, 9.17) is 16.7 Å². The molecule has 5 nitrogen and oxygen atoms in total. The normalized spacial score (nSPS) is 11.9. The summed E-state index contributed by atoms with van der Waals surface area (Å²) in [6, 6.07) is 14.3. The Morgan fingerprint density at radius 2 is 1.71 bits per heavy atom. The molecule has 174 valence electrons. The van der Waals surface area contributed by atoms with Crippen molar-refractivity contribution in [1.29, 1.82) is 0 Å². The van der Waals surface area contributed by atoms with Crippen molar-refractivity contribution < 1.29 is 27.9 Å².